The molecule has 0 unspecified atom stereocenters. The maximum atomic E-state index is 12.3. The Morgan fingerprint density at radius 3 is 2.38 bits per heavy atom. The SMILES string of the molecule is COc1ccc(NS(=O)(=O)/C(C#N)=C/c2ccc(Cl)c(Cl)c2)cc1. The van der Waals surface area contributed by atoms with Crippen LogP contribution in [0.15, 0.2) is 47.4 Å². The standard InChI is InChI=1S/C16H12Cl2N2O3S/c1-23-13-5-3-12(4-6-13)20-24(21,22)14(10-19)8-11-2-7-15(17)16(18)9-11/h2-9,20H,1H3/b14-8+. The van der Waals surface area contributed by atoms with Crippen molar-refractivity contribution in [3.8, 4) is 11.8 Å². The summed E-state index contributed by atoms with van der Waals surface area (Å²) >= 11 is 11.7. The van der Waals surface area contributed by atoms with Crippen LogP contribution < -0.4 is 9.46 Å². The largest absolute Gasteiger partial charge is 0.497 e. The Hall–Kier alpha value is -2.20. The van der Waals surface area contributed by atoms with Crippen LogP contribution in [0.2, 0.25) is 10.0 Å². The molecule has 0 aliphatic rings. The highest BCUT2D eigenvalue weighted by molar-refractivity contribution is 7.96. The van der Waals surface area contributed by atoms with Crippen LogP contribution in [-0.2, 0) is 10.0 Å². The second-order valence-corrected chi connectivity index (χ2v) is 7.09. The van der Waals surface area contributed by atoms with E-state index in [4.69, 9.17) is 27.9 Å². The molecule has 0 aromatic heterocycles. The zero-order valence-electron chi connectivity index (χ0n) is 12.5. The van der Waals surface area contributed by atoms with E-state index in [9.17, 15) is 13.7 Å². The molecule has 2 aromatic carbocycles. The topological polar surface area (TPSA) is 79.2 Å². The zero-order chi connectivity index (χ0) is 17.7. The highest BCUT2D eigenvalue weighted by Crippen LogP contribution is 2.25. The van der Waals surface area contributed by atoms with Crippen LogP contribution in [0.3, 0.4) is 0 Å². The van der Waals surface area contributed by atoms with Gasteiger partial charge in [0.2, 0.25) is 0 Å². The molecule has 0 bridgehead atoms. The van der Waals surface area contributed by atoms with Crippen molar-refractivity contribution in [1.82, 2.24) is 0 Å². The summed E-state index contributed by atoms with van der Waals surface area (Å²) in [6.45, 7) is 0. The number of anilines is 1. The van der Waals surface area contributed by atoms with Crippen LogP contribution in [0, 0.1) is 11.3 Å². The smallest absolute Gasteiger partial charge is 0.272 e. The average molecular weight is 383 g/mol. The van der Waals surface area contributed by atoms with Crippen LogP contribution in [0.1, 0.15) is 5.56 Å². The van der Waals surface area contributed by atoms with E-state index in [-0.39, 0.29) is 5.02 Å². The maximum Gasteiger partial charge on any atom is 0.272 e. The number of nitriles is 1. The molecule has 0 saturated heterocycles. The van der Waals surface area contributed by atoms with Gasteiger partial charge in [0.25, 0.3) is 10.0 Å². The van der Waals surface area contributed by atoms with Crippen LogP contribution in [0.25, 0.3) is 6.08 Å². The molecular weight excluding hydrogens is 371 g/mol. The Kier molecular flexibility index (Phi) is 5.73. The van der Waals surface area contributed by atoms with Crippen molar-refractivity contribution in [2.24, 2.45) is 0 Å². The first kappa shape index (κ1) is 18.1. The lowest BCUT2D eigenvalue weighted by molar-refractivity contribution is 0.415. The normalized spacial score (nSPS) is 11.7. The summed E-state index contributed by atoms with van der Waals surface area (Å²) in [7, 11) is -2.53. The maximum absolute atomic E-state index is 12.3. The van der Waals surface area contributed by atoms with Crippen molar-refractivity contribution in [2.45, 2.75) is 0 Å². The number of benzene rings is 2. The first-order valence-electron chi connectivity index (χ1n) is 6.59. The minimum atomic E-state index is -4.03. The molecule has 2 aromatic rings. The molecule has 0 amide bonds. The first-order chi connectivity index (χ1) is 11.4. The molecule has 0 spiro atoms. The minimum Gasteiger partial charge on any atom is -0.497 e. The molecule has 0 saturated carbocycles. The molecule has 0 radical (unpaired) electrons. The van der Waals surface area contributed by atoms with E-state index in [2.05, 4.69) is 4.72 Å². The number of hydrogen-bond acceptors (Lipinski definition) is 4. The summed E-state index contributed by atoms with van der Waals surface area (Å²) in [5.74, 6) is 0.588. The van der Waals surface area contributed by atoms with E-state index in [0.29, 0.717) is 22.0 Å². The number of ether oxygens (including phenoxy) is 1. The van der Waals surface area contributed by atoms with Gasteiger partial charge in [-0.05, 0) is 48.0 Å². The van der Waals surface area contributed by atoms with Gasteiger partial charge >= 0.3 is 0 Å². The van der Waals surface area contributed by atoms with Crippen molar-refractivity contribution >= 4 is 45.0 Å². The third kappa shape index (κ3) is 4.42. The molecule has 0 aliphatic carbocycles. The molecule has 24 heavy (non-hydrogen) atoms. The summed E-state index contributed by atoms with van der Waals surface area (Å²) in [5, 5.41) is 9.80. The summed E-state index contributed by atoms with van der Waals surface area (Å²) < 4.78 is 32.0. The number of hydrogen-bond donors (Lipinski definition) is 1. The van der Waals surface area contributed by atoms with Gasteiger partial charge in [-0.1, -0.05) is 29.3 Å². The lowest BCUT2D eigenvalue weighted by atomic mass is 10.2. The Labute approximate surface area is 150 Å². The molecular formula is C16H12Cl2N2O3S. The molecule has 0 heterocycles. The number of allylic oxidation sites excluding steroid dienone is 1. The second kappa shape index (κ2) is 7.58. The monoisotopic (exact) mass is 382 g/mol. The highest BCUT2D eigenvalue weighted by Gasteiger charge is 2.18. The number of halogens is 2. The summed E-state index contributed by atoms with van der Waals surface area (Å²) in [5.41, 5.74) is 0.757. The summed E-state index contributed by atoms with van der Waals surface area (Å²) in [6, 6.07) is 12.5. The minimum absolute atomic E-state index is 0.267. The Bertz CT molecular complexity index is 917. The first-order valence-corrected chi connectivity index (χ1v) is 8.83. The highest BCUT2D eigenvalue weighted by atomic mass is 35.5. The van der Waals surface area contributed by atoms with E-state index in [0.717, 1.165) is 0 Å². The second-order valence-electron chi connectivity index (χ2n) is 4.63. The predicted octanol–water partition coefficient (Wildman–Crippen LogP) is 4.31. The van der Waals surface area contributed by atoms with Crippen molar-refractivity contribution in [3.05, 3.63) is 63.0 Å². The molecule has 0 aliphatic heterocycles. The molecule has 0 fully saturated rings. The summed E-state index contributed by atoms with van der Waals surface area (Å²) in [6.07, 6.45) is 1.22. The Balaban J connectivity index is 2.31. The molecule has 5 nitrogen and oxygen atoms in total. The number of sulfonamides is 1. The molecule has 2 rings (SSSR count). The molecule has 0 atom stereocenters. The van der Waals surface area contributed by atoms with Gasteiger partial charge in [-0.25, -0.2) is 8.42 Å². The lowest BCUT2D eigenvalue weighted by Crippen LogP contribution is -2.14. The van der Waals surface area contributed by atoms with E-state index in [1.807, 2.05) is 0 Å². The molecule has 124 valence electrons. The third-order valence-electron chi connectivity index (χ3n) is 2.98. The predicted molar refractivity (Wildman–Crippen MR) is 95.6 cm³/mol. The van der Waals surface area contributed by atoms with Crippen LogP contribution >= 0.6 is 23.2 Å². The fourth-order valence-corrected chi connectivity index (χ4v) is 3.07. The number of nitrogens with one attached hydrogen (secondary N) is 1. The van der Waals surface area contributed by atoms with Crippen molar-refractivity contribution in [1.29, 1.82) is 5.26 Å². The fraction of sp³-hybridized carbons (Fsp3) is 0.0625. The fourth-order valence-electron chi connectivity index (χ4n) is 1.79. The van der Waals surface area contributed by atoms with E-state index >= 15 is 0 Å². The number of nitrogens with zero attached hydrogens (tertiary/aromatic N) is 1. The average Bonchev–Trinajstić information content (AvgIpc) is 2.56. The van der Waals surface area contributed by atoms with Crippen LogP contribution in [-0.4, -0.2) is 15.5 Å². The third-order valence-corrected chi connectivity index (χ3v) is 5.01. The van der Waals surface area contributed by atoms with Crippen molar-refractivity contribution in [3.63, 3.8) is 0 Å². The van der Waals surface area contributed by atoms with Gasteiger partial charge < -0.3 is 4.74 Å². The summed E-state index contributed by atoms with van der Waals surface area (Å²) in [4.78, 5) is -0.447. The van der Waals surface area contributed by atoms with Gasteiger partial charge in [0, 0.05) is 5.69 Å². The Morgan fingerprint density at radius 2 is 1.83 bits per heavy atom. The van der Waals surface area contributed by atoms with Gasteiger partial charge in [-0.2, -0.15) is 5.26 Å². The van der Waals surface area contributed by atoms with Crippen molar-refractivity contribution < 1.29 is 13.2 Å². The van der Waals surface area contributed by atoms with Gasteiger partial charge in [-0.15, -0.1) is 0 Å². The van der Waals surface area contributed by atoms with E-state index < -0.39 is 14.9 Å². The lowest BCUT2D eigenvalue weighted by Gasteiger charge is -2.08. The van der Waals surface area contributed by atoms with Crippen LogP contribution in [0.5, 0.6) is 5.75 Å². The number of rotatable bonds is 5. The van der Waals surface area contributed by atoms with Crippen LogP contribution in [0.4, 0.5) is 5.69 Å². The van der Waals surface area contributed by atoms with Gasteiger partial charge in [0.05, 0.1) is 17.2 Å². The van der Waals surface area contributed by atoms with E-state index in [1.54, 1.807) is 24.3 Å². The zero-order valence-corrected chi connectivity index (χ0v) is 14.8. The Morgan fingerprint density at radius 1 is 1.17 bits per heavy atom. The van der Waals surface area contributed by atoms with Gasteiger partial charge in [0.1, 0.15) is 11.8 Å². The molecule has 1 N–H and O–H groups in total. The van der Waals surface area contributed by atoms with E-state index in [1.165, 1.54) is 37.5 Å². The van der Waals surface area contributed by atoms with Gasteiger partial charge in [0.15, 0.2) is 4.91 Å². The quantitative estimate of drug-likeness (QED) is 0.781. The van der Waals surface area contributed by atoms with Gasteiger partial charge in [-0.3, -0.25) is 4.72 Å². The van der Waals surface area contributed by atoms with Crippen molar-refractivity contribution in [2.75, 3.05) is 11.8 Å². The molecule has 8 heteroatoms. The number of methoxy groups -OCH3 is 1.